The van der Waals surface area contributed by atoms with Gasteiger partial charge in [-0.05, 0) is 18.3 Å². The molecule has 102 valence electrons. The smallest absolute Gasteiger partial charge is 0.332 e. The van der Waals surface area contributed by atoms with Crippen molar-refractivity contribution in [3.8, 4) is 0 Å². The third-order valence-corrected chi connectivity index (χ3v) is 3.09. The zero-order valence-electron chi connectivity index (χ0n) is 11.8. The van der Waals surface area contributed by atoms with Crippen LogP contribution in [0.25, 0.3) is 0 Å². The number of hydrogen-bond acceptors (Lipinski definition) is 4. The molecular formula is C13H27NO3. The van der Waals surface area contributed by atoms with Crippen molar-refractivity contribution in [2.24, 2.45) is 11.3 Å². The predicted octanol–water partition coefficient (Wildman–Crippen LogP) is 1.84. The van der Waals surface area contributed by atoms with E-state index < -0.39 is 0 Å². The van der Waals surface area contributed by atoms with Gasteiger partial charge in [-0.3, -0.25) is 0 Å². The lowest BCUT2D eigenvalue weighted by Gasteiger charge is -2.29. The lowest BCUT2D eigenvalue weighted by molar-refractivity contribution is -0.148. The van der Waals surface area contributed by atoms with Crippen LogP contribution in [-0.2, 0) is 14.3 Å². The fraction of sp³-hybridized carbons (Fsp3) is 0.923. The van der Waals surface area contributed by atoms with Crippen LogP contribution in [0.1, 0.15) is 34.6 Å². The summed E-state index contributed by atoms with van der Waals surface area (Å²) in [4.78, 5) is 11.0. The van der Waals surface area contributed by atoms with Gasteiger partial charge in [0.1, 0.15) is 6.61 Å². The Hall–Kier alpha value is -0.610. The molecule has 0 aliphatic rings. The number of carbonyl (C=O) groups excluding carboxylic acids is 1. The molecule has 0 bridgehead atoms. The second-order valence-electron chi connectivity index (χ2n) is 5.18. The first-order valence-corrected chi connectivity index (χ1v) is 6.34. The van der Waals surface area contributed by atoms with E-state index in [1.807, 2.05) is 0 Å². The van der Waals surface area contributed by atoms with Crippen molar-refractivity contribution in [3.63, 3.8) is 0 Å². The monoisotopic (exact) mass is 245 g/mol. The van der Waals surface area contributed by atoms with Gasteiger partial charge in [0, 0.05) is 13.1 Å². The molecule has 0 aliphatic heterocycles. The molecule has 0 amide bonds. The van der Waals surface area contributed by atoms with Gasteiger partial charge in [-0.2, -0.15) is 0 Å². The highest BCUT2D eigenvalue weighted by Crippen LogP contribution is 2.24. The van der Waals surface area contributed by atoms with Crippen molar-refractivity contribution >= 4 is 5.97 Å². The molecule has 17 heavy (non-hydrogen) atoms. The van der Waals surface area contributed by atoms with Gasteiger partial charge in [-0.15, -0.1) is 0 Å². The van der Waals surface area contributed by atoms with Gasteiger partial charge in [0.2, 0.25) is 0 Å². The first-order valence-electron chi connectivity index (χ1n) is 6.34. The van der Waals surface area contributed by atoms with Gasteiger partial charge >= 0.3 is 5.97 Å². The van der Waals surface area contributed by atoms with E-state index in [1.54, 1.807) is 6.92 Å². The van der Waals surface area contributed by atoms with Gasteiger partial charge in [0.15, 0.2) is 0 Å². The van der Waals surface area contributed by atoms with E-state index >= 15 is 0 Å². The summed E-state index contributed by atoms with van der Waals surface area (Å²) in [5, 5.41) is 3.34. The highest BCUT2D eigenvalue weighted by Gasteiger charge is 2.21. The average Bonchev–Trinajstić information content (AvgIpc) is 2.23. The summed E-state index contributed by atoms with van der Waals surface area (Å²) in [5.74, 6) is 0.338. The predicted molar refractivity (Wildman–Crippen MR) is 68.9 cm³/mol. The zero-order chi connectivity index (χ0) is 13.3. The molecule has 0 saturated carbocycles. The molecule has 0 aromatic carbocycles. The second kappa shape index (κ2) is 8.48. The molecule has 0 rings (SSSR count). The topological polar surface area (TPSA) is 47.6 Å². The SMILES string of the molecule is CCOC(=O)COCCNCC(C)(C)C(C)C. The molecule has 0 unspecified atom stereocenters. The number of esters is 1. The van der Waals surface area contributed by atoms with E-state index in [9.17, 15) is 4.79 Å². The lowest BCUT2D eigenvalue weighted by atomic mass is 9.81. The minimum absolute atomic E-state index is 0.0447. The van der Waals surface area contributed by atoms with Crippen LogP contribution in [0, 0.1) is 11.3 Å². The highest BCUT2D eigenvalue weighted by molar-refractivity contribution is 5.70. The van der Waals surface area contributed by atoms with Gasteiger partial charge in [0.25, 0.3) is 0 Å². The molecule has 0 saturated heterocycles. The summed E-state index contributed by atoms with van der Waals surface area (Å²) in [6.07, 6.45) is 0. The highest BCUT2D eigenvalue weighted by atomic mass is 16.6. The lowest BCUT2D eigenvalue weighted by Crippen LogP contribution is -2.35. The van der Waals surface area contributed by atoms with Crippen LogP contribution in [0.2, 0.25) is 0 Å². The summed E-state index contributed by atoms with van der Waals surface area (Å²) in [6.45, 7) is 13.4. The van der Waals surface area contributed by atoms with Crippen molar-refractivity contribution in [2.45, 2.75) is 34.6 Å². The van der Waals surface area contributed by atoms with Gasteiger partial charge in [-0.1, -0.05) is 27.7 Å². The van der Waals surface area contributed by atoms with Crippen LogP contribution in [0.4, 0.5) is 0 Å². The summed E-state index contributed by atoms with van der Waals surface area (Å²) in [6, 6.07) is 0. The number of hydrogen-bond donors (Lipinski definition) is 1. The summed E-state index contributed by atoms with van der Waals surface area (Å²) < 4.78 is 9.94. The van der Waals surface area contributed by atoms with Gasteiger partial charge < -0.3 is 14.8 Å². The minimum atomic E-state index is -0.296. The fourth-order valence-corrected chi connectivity index (χ4v) is 1.12. The second-order valence-corrected chi connectivity index (χ2v) is 5.18. The third kappa shape index (κ3) is 8.16. The molecular weight excluding hydrogens is 218 g/mol. The molecule has 0 aromatic heterocycles. The Balaban J connectivity index is 3.44. The summed E-state index contributed by atoms with van der Waals surface area (Å²) in [7, 11) is 0. The van der Waals surface area contributed by atoms with Crippen LogP contribution < -0.4 is 5.32 Å². The normalized spacial score (nSPS) is 11.9. The van der Waals surface area contributed by atoms with Crippen LogP contribution in [0.5, 0.6) is 0 Å². The number of nitrogens with one attached hydrogen (secondary N) is 1. The van der Waals surface area contributed by atoms with Crippen LogP contribution in [-0.4, -0.2) is 38.9 Å². The Morgan fingerprint density at radius 2 is 2.00 bits per heavy atom. The maximum atomic E-state index is 11.0. The molecule has 0 heterocycles. The number of carbonyl (C=O) groups is 1. The number of rotatable bonds is 9. The summed E-state index contributed by atoms with van der Waals surface area (Å²) >= 11 is 0. The van der Waals surface area contributed by atoms with Crippen molar-refractivity contribution in [2.75, 3.05) is 32.9 Å². The standard InChI is InChI=1S/C13H27NO3/c1-6-17-12(15)9-16-8-7-14-10-13(4,5)11(2)3/h11,14H,6-10H2,1-5H3. The largest absolute Gasteiger partial charge is 0.464 e. The minimum Gasteiger partial charge on any atom is -0.464 e. The molecule has 0 atom stereocenters. The Morgan fingerprint density at radius 1 is 1.35 bits per heavy atom. The Morgan fingerprint density at radius 3 is 2.53 bits per heavy atom. The quantitative estimate of drug-likeness (QED) is 0.497. The van der Waals surface area contributed by atoms with Gasteiger partial charge in [-0.25, -0.2) is 4.79 Å². The molecule has 1 N–H and O–H groups in total. The van der Waals surface area contributed by atoms with Crippen molar-refractivity contribution in [3.05, 3.63) is 0 Å². The number of ether oxygens (including phenoxy) is 2. The zero-order valence-corrected chi connectivity index (χ0v) is 11.8. The van der Waals surface area contributed by atoms with Crippen LogP contribution >= 0.6 is 0 Å². The van der Waals surface area contributed by atoms with Crippen LogP contribution in [0.15, 0.2) is 0 Å². The van der Waals surface area contributed by atoms with Crippen molar-refractivity contribution in [1.82, 2.24) is 5.32 Å². The average molecular weight is 245 g/mol. The van der Waals surface area contributed by atoms with E-state index in [2.05, 4.69) is 33.0 Å². The van der Waals surface area contributed by atoms with E-state index in [4.69, 9.17) is 9.47 Å². The molecule has 4 nitrogen and oxygen atoms in total. The van der Waals surface area contributed by atoms with Gasteiger partial charge in [0.05, 0.1) is 13.2 Å². The molecule has 0 spiro atoms. The van der Waals surface area contributed by atoms with Crippen LogP contribution in [0.3, 0.4) is 0 Å². The third-order valence-electron chi connectivity index (χ3n) is 3.09. The Labute approximate surface area is 105 Å². The summed E-state index contributed by atoms with van der Waals surface area (Å²) in [5.41, 5.74) is 0.279. The Kier molecular flexibility index (Phi) is 8.17. The maximum absolute atomic E-state index is 11.0. The van der Waals surface area contributed by atoms with E-state index in [1.165, 1.54) is 0 Å². The Bertz CT molecular complexity index is 215. The molecule has 0 aliphatic carbocycles. The maximum Gasteiger partial charge on any atom is 0.332 e. The van der Waals surface area contributed by atoms with E-state index in [-0.39, 0.29) is 18.0 Å². The van der Waals surface area contributed by atoms with E-state index in [0.717, 1.165) is 13.1 Å². The molecule has 0 aromatic rings. The van der Waals surface area contributed by atoms with Crippen molar-refractivity contribution in [1.29, 1.82) is 0 Å². The van der Waals surface area contributed by atoms with E-state index in [0.29, 0.717) is 19.1 Å². The fourth-order valence-electron chi connectivity index (χ4n) is 1.12. The molecule has 4 heteroatoms. The first kappa shape index (κ1) is 16.4. The van der Waals surface area contributed by atoms with Crippen molar-refractivity contribution < 1.29 is 14.3 Å². The molecule has 0 fully saturated rings. The first-order chi connectivity index (χ1) is 7.90. The molecule has 0 radical (unpaired) electrons.